The second-order valence-electron chi connectivity index (χ2n) is 6.72. The van der Waals surface area contributed by atoms with Crippen molar-refractivity contribution >= 4 is 47.0 Å². The number of methoxy groups -OCH3 is 1. The van der Waals surface area contributed by atoms with Gasteiger partial charge < -0.3 is 15.4 Å². The molecule has 9 heteroatoms. The lowest BCUT2D eigenvalue weighted by atomic mass is 10.2. The van der Waals surface area contributed by atoms with E-state index in [1.54, 1.807) is 13.0 Å². The van der Waals surface area contributed by atoms with Gasteiger partial charge in [0.1, 0.15) is 0 Å². The molecule has 0 unspecified atom stereocenters. The second kappa shape index (κ2) is 13.2. The first kappa shape index (κ1) is 24.9. The van der Waals surface area contributed by atoms with Crippen molar-refractivity contribution in [2.24, 2.45) is 4.99 Å². The van der Waals surface area contributed by atoms with E-state index >= 15 is 0 Å². The number of hydrogen-bond donors (Lipinski definition) is 3. The number of nitrogens with zero attached hydrogens (tertiary/aromatic N) is 1. The lowest BCUT2D eigenvalue weighted by molar-refractivity contribution is -0.117. The molecule has 32 heavy (non-hydrogen) atoms. The molecule has 0 bridgehead atoms. The Morgan fingerprint density at radius 2 is 1.72 bits per heavy atom. The number of rotatable bonds is 8. The average molecular weight is 457 g/mol. The highest BCUT2D eigenvalue weighted by atomic mass is 32.2. The Balaban J connectivity index is 2.36. The number of aliphatic imine (C=N–C) groups is 1. The van der Waals surface area contributed by atoms with Crippen LogP contribution in [0.1, 0.15) is 39.5 Å². The lowest BCUT2D eigenvalue weighted by Gasteiger charge is -2.16. The van der Waals surface area contributed by atoms with Crippen molar-refractivity contribution in [1.29, 1.82) is 0 Å². The summed E-state index contributed by atoms with van der Waals surface area (Å²) in [5.41, 5.74) is 0.988. The number of benzene rings is 2. The third-order valence-corrected chi connectivity index (χ3v) is 5.20. The summed E-state index contributed by atoms with van der Waals surface area (Å²) >= 11 is 1.54. The van der Waals surface area contributed by atoms with Crippen LogP contribution in [-0.4, -0.2) is 31.0 Å². The van der Waals surface area contributed by atoms with E-state index in [0.717, 1.165) is 22.6 Å². The predicted molar refractivity (Wildman–Crippen MR) is 127 cm³/mol. The molecular formula is C23H28N4O4S. The third-order valence-electron chi connectivity index (χ3n) is 4.20. The molecule has 0 atom stereocenters. The number of guanidine groups is 1. The Kier molecular flexibility index (Phi) is 10.3. The van der Waals surface area contributed by atoms with E-state index in [0.29, 0.717) is 17.8 Å². The molecule has 3 amide bonds. The van der Waals surface area contributed by atoms with Crippen LogP contribution >= 0.6 is 11.8 Å². The average Bonchev–Trinajstić information content (AvgIpc) is 2.79. The van der Waals surface area contributed by atoms with Crippen LogP contribution < -0.4 is 16.0 Å². The number of anilines is 2. The normalized spacial score (nSPS) is 10.9. The molecule has 8 nitrogen and oxygen atoms in total. The highest BCUT2D eigenvalue weighted by molar-refractivity contribution is 7.99. The maximum atomic E-state index is 12.3. The standard InChI is InChI=1S/C23H28N4O4S/c1-4-6-12-21(29)24-18-14-13-17(32-16-10-8-7-9-11-16)15-19(18)25-22(26-20(28)5-2)27-23(30)31-3/h7-11,13-15H,4-6,12H2,1-3H3,(H,24,29)(H2,25,26,27,28,30). The molecule has 0 saturated carbocycles. The van der Waals surface area contributed by atoms with Crippen LogP contribution in [0.25, 0.3) is 0 Å². The van der Waals surface area contributed by atoms with Gasteiger partial charge >= 0.3 is 6.09 Å². The first-order valence-electron chi connectivity index (χ1n) is 10.4. The van der Waals surface area contributed by atoms with E-state index in [9.17, 15) is 14.4 Å². The van der Waals surface area contributed by atoms with Gasteiger partial charge in [-0.2, -0.15) is 4.99 Å². The Bertz CT molecular complexity index is 964. The fourth-order valence-corrected chi connectivity index (χ4v) is 3.42. The molecule has 3 N–H and O–H groups in total. The fourth-order valence-electron chi connectivity index (χ4n) is 2.54. The van der Waals surface area contributed by atoms with Crippen molar-refractivity contribution in [1.82, 2.24) is 5.32 Å². The van der Waals surface area contributed by atoms with E-state index in [-0.39, 0.29) is 18.3 Å². The number of carbonyl (C=O) groups is 3. The van der Waals surface area contributed by atoms with Crippen LogP contribution in [-0.2, 0) is 14.3 Å². The number of amides is 3. The maximum Gasteiger partial charge on any atom is 0.413 e. The van der Waals surface area contributed by atoms with Crippen molar-refractivity contribution in [3.8, 4) is 0 Å². The smallest absolute Gasteiger partial charge is 0.413 e. The summed E-state index contributed by atoms with van der Waals surface area (Å²) in [6.07, 6.45) is 1.47. The van der Waals surface area contributed by atoms with Gasteiger partial charge in [0.25, 0.3) is 0 Å². The molecule has 0 aliphatic carbocycles. The summed E-state index contributed by atoms with van der Waals surface area (Å²) in [7, 11) is 1.21. The summed E-state index contributed by atoms with van der Waals surface area (Å²) in [6, 6.07) is 15.3. The number of carbonyl (C=O) groups excluding carboxylic acids is 3. The van der Waals surface area contributed by atoms with Gasteiger partial charge in [-0.05, 0) is 36.8 Å². The minimum atomic E-state index is -0.775. The topological polar surface area (TPSA) is 109 Å². The zero-order chi connectivity index (χ0) is 23.3. The lowest BCUT2D eigenvalue weighted by Crippen LogP contribution is -2.36. The number of hydrogen-bond acceptors (Lipinski definition) is 5. The van der Waals surface area contributed by atoms with Gasteiger partial charge in [-0.15, -0.1) is 0 Å². The Morgan fingerprint density at radius 3 is 2.38 bits per heavy atom. The Hall–Kier alpha value is -3.33. The largest absolute Gasteiger partial charge is 0.453 e. The van der Waals surface area contributed by atoms with E-state index in [1.165, 1.54) is 18.9 Å². The molecule has 0 radical (unpaired) electrons. The van der Waals surface area contributed by atoms with Gasteiger partial charge in [-0.3, -0.25) is 14.9 Å². The summed E-state index contributed by atoms with van der Waals surface area (Å²) in [5, 5.41) is 8.24. The van der Waals surface area contributed by atoms with Crippen molar-refractivity contribution in [2.75, 3.05) is 17.7 Å². The van der Waals surface area contributed by atoms with Gasteiger partial charge in [-0.25, -0.2) is 4.79 Å². The summed E-state index contributed by atoms with van der Waals surface area (Å²) in [4.78, 5) is 41.8. The first-order chi connectivity index (χ1) is 15.4. The molecule has 2 aromatic rings. The molecule has 0 heterocycles. The molecule has 0 aliphatic heterocycles. The monoisotopic (exact) mass is 456 g/mol. The number of nitrogens with one attached hydrogen (secondary N) is 3. The molecule has 170 valence electrons. The van der Waals surface area contributed by atoms with E-state index < -0.39 is 12.0 Å². The minimum Gasteiger partial charge on any atom is -0.453 e. The van der Waals surface area contributed by atoms with Gasteiger partial charge in [0.15, 0.2) is 0 Å². The number of alkyl carbamates (subject to hydrolysis) is 1. The molecule has 0 fully saturated rings. The van der Waals surface area contributed by atoms with Gasteiger partial charge in [0.2, 0.25) is 17.8 Å². The SMILES string of the molecule is CCCCC(=O)Nc1ccc(Sc2ccccc2)cc1NC(=NC(=O)CC)NC(=O)OC. The van der Waals surface area contributed by atoms with Crippen molar-refractivity contribution in [3.05, 3.63) is 48.5 Å². The zero-order valence-corrected chi connectivity index (χ0v) is 19.3. The summed E-state index contributed by atoms with van der Waals surface area (Å²) < 4.78 is 4.62. The van der Waals surface area contributed by atoms with Crippen molar-refractivity contribution in [3.63, 3.8) is 0 Å². The third kappa shape index (κ3) is 8.43. The van der Waals surface area contributed by atoms with Crippen LogP contribution in [0, 0.1) is 0 Å². The molecule has 2 aromatic carbocycles. The molecular weight excluding hydrogens is 428 g/mol. The predicted octanol–water partition coefficient (Wildman–Crippen LogP) is 5.03. The Morgan fingerprint density at radius 1 is 0.969 bits per heavy atom. The van der Waals surface area contributed by atoms with Crippen LogP contribution in [0.4, 0.5) is 16.2 Å². The summed E-state index contributed by atoms with van der Waals surface area (Å²) in [5.74, 6) is -0.635. The zero-order valence-electron chi connectivity index (χ0n) is 18.4. The van der Waals surface area contributed by atoms with E-state index in [2.05, 4.69) is 25.7 Å². The van der Waals surface area contributed by atoms with Gasteiger partial charge in [-0.1, -0.05) is 50.2 Å². The maximum absolute atomic E-state index is 12.3. The first-order valence-corrected chi connectivity index (χ1v) is 11.2. The van der Waals surface area contributed by atoms with Crippen LogP contribution in [0.3, 0.4) is 0 Å². The van der Waals surface area contributed by atoms with Crippen molar-refractivity contribution in [2.45, 2.75) is 49.3 Å². The van der Waals surface area contributed by atoms with Crippen molar-refractivity contribution < 1.29 is 19.1 Å². The number of unbranched alkanes of at least 4 members (excludes halogenated alkanes) is 1. The fraction of sp³-hybridized carbons (Fsp3) is 0.304. The molecule has 0 aliphatic rings. The molecule has 0 spiro atoms. The molecule has 0 aromatic heterocycles. The minimum absolute atomic E-state index is 0.0883. The highest BCUT2D eigenvalue weighted by Gasteiger charge is 2.14. The van der Waals surface area contributed by atoms with E-state index in [4.69, 9.17) is 0 Å². The van der Waals surface area contributed by atoms with E-state index in [1.807, 2.05) is 49.4 Å². The van der Waals surface area contributed by atoms with Crippen LogP contribution in [0.15, 0.2) is 63.3 Å². The quantitative estimate of drug-likeness (QED) is 0.380. The van der Waals surface area contributed by atoms with Crippen LogP contribution in [0.2, 0.25) is 0 Å². The van der Waals surface area contributed by atoms with Gasteiger partial charge in [0.05, 0.1) is 18.5 Å². The second-order valence-corrected chi connectivity index (χ2v) is 7.87. The highest BCUT2D eigenvalue weighted by Crippen LogP contribution is 2.33. The van der Waals surface area contributed by atoms with Gasteiger partial charge in [0, 0.05) is 22.6 Å². The molecule has 2 rings (SSSR count). The molecule has 0 saturated heterocycles. The number of ether oxygens (including phenoxy) is 1. The summed E-state index contributed by atoms with van der Waals surface area (Å²) in [6.45, 7) is 3.68. The van der Waals surface area contributed by atoms with Crippen LogP contribution in [0.5, 0.6) is 0 Å². The Labute approximate surface area is 192 Å².